The zero-order chi connectivity index (χ0) is 14.7. The molecule has 0 saturated heterocycles. The van der Waals surface area contributed by atoms with Crippen molar-refractivity contribution in [1.82, 2.24) is 10.3 Å². The largest absolute Gasteiger partial charge is 0.360 e. The van der Waals surface area contributed by atoms with E-state index in [0.29, 0.717) is 6.54 Å². The predicted octanol–water partition coefficient (Wildman–Crippen LogP) is 2.80. The summed E-state index contributed by atoms with van der Waals surface area (Å²) in [6.07, 6.45) is 8.24. The normalized spacial score (nSPS) is 14.1. The van der Waals surface area contributed by atoms with Gasteiger partial charge in [0.05, 0.1) is 17.8 Å². The lowest BCUT2D eigenvalue weighted by molar-refractivity contribution is 0.761. The van der Waals surface area contributed by atoms with Crippen molar-refractivity contribution in [3.63, 3.8) is 0 Å². The molecule has 3 heteroatoms. The number of pyridine rings is 1. The Morgan fingerprint density at radius 3 is 2.90 bits per heavy atom. The maximum absolute atomic E-state index is 5.58. The summed E-state index contributed by atoms with van der Waals surface area (Å²) in [5, 5.41) is 4.37. The van der Waals surface area contributed by atoms with Crippen molar-refractivity contribution in [3.05, 3.63) is 36.0 Å². The minimum Gasteiger partial charge on any atom is -0.360 e. The number of aromatic nitrogens is 1. The van der Waals surface area contributed by atoms with Gasteiger partial charge in [-0.15, -0.1) is 6.42 Å². The van der Waals surface area contributed by atoms with Crippen molar-refractivity contribution in [2.45, 2.75) is 19.4 Å². The van der Waals surface area contributed by atoms with Crippen LogP contribution in [0.15, 0.2) is 30.3 Å². The summed E-state index contributed by atoms with van der Waals surface area (Å²) in [6, 6.07) is 10.5. The molecule has 1 aromatic heterocycles. The van der Waals surface area contributed by atoms with Gasteiger partial charge in [0.15, 0.2) is 0 Å². The summed E-state index contributed by atoms with van der Waals surface area (Å²) < 4.78 is 0. The Bertz CT molecular complexity index is 668. The summed E-state index contributed by atoms with van der Waals surface area (Å²) in [5.41, 5.74) is 3.32. The van der Waals surface area contributed by atoms with Gasteiger partial charge < -0.3 is 10.2 Å². The van der Waals surface area contributed by atoms with Gasteiger partial charge in [-0.3, -0.25) is 4.98 Å². The average Bonchev–Trinajstić information content (AvgIpc) is 3.30. The van der Waals surface area contributed by atoms with E-state index in [1.807, 2.05) is 13.1 Å². The number of fused-ring (bicyclic) bond motifs is 1. The quantitative estimate of drug-likeness (QED) is 0.824. The van der Waals surface area contributed by atoms with Crippen molar-refractivity contribution in [1.29, 1.82) is 0 Å². The monoisotopic (exact) mass is 279 g/mol. The molecular formula is C18H21N3. The first kappa shape index (κ1) is 13.9. The minimum absolute atomic E-state index is 0.656. The van der Waals surface area contributed by atoms with E-state index < -0.39 is 0 Å². The molecule has 0 aliphatic heterocycles. The van der Waals surface area contributed by atoms with Crippen LogP contribution in [0.25, 0.3) is 10.9 Å². The van der Waals surface area contributed by atoms with E-state index in [1.54, 1.807) is 0 Å². The average molecular weight is 279 g/mol. The van der Waals surface area contributed by atoms with Crippen LogP contribution in [0.5, 0.6) is 0 Å². The molecule has 1 saturated carbocycles. The number of para-hydroxylation sites is 1. The Balaban J connectivity index is 2.06. The molecule has 1 N–H and O–H groups in total. The van der Waals surface area contributed by atoms with E-state index in [-0.39, 0.29) is 0 Å². The smallest absolute Gasteiger partial charge is 0.0792 e. The molecular weight excluding hydrogens is 258 g/mol. The topological polar surface area (TPSA) is 28.2 Å². The van der Waals surface area contributed by atoms with Crippen LogP contribution < -0.4 is 10.2 Å². The molecule has 1 aliphatic rings. The van der Waals surface area contributed by atoms with Gasteiger partial charge >= 0.3 is 0 Å². The van der Waals surface area contributed by atoms with Crippen molar-refractivity contribution in [2.75, 3.05) is 25.0 Å². The molecule has 0 unspecified atom stereocenters. The fourth-order valence-corrected chi connectivity index (χ4v) is 2.71. The predicted molar refractivity (Wildman–Crippen MR) is 88.3 cm³/mol. The Kier molecular flexibility index (Phi) is 4.08. The second-order valence-electron chi connectivity index (χ2n) is 5.71. The van der Waals surface area contributed by atoms with Gasteiger partial charge in [-0.1, -0.05) is 24.1 Å². The standard InChI is InChI=1S/C18H21N3/c1-3-10-21(13-14-8-9-14)18-11-15(12-19-2)20-17-7-5-4-6-16(17)18/h1,4-7,11,14,19H,8-10,12-13H2,2H3. The summed E-state index contributed by atoms with van der Waals surface area (Å²) in [4.78, 5) is 7.06. The number of terminal acetylenes is 1. The van der Waals surface area contributed by atoms with Crippen LogP contribution in [-0.4, -0.2) is 25.1 Å². The minimum atomic E-state index is 0.656. The zero-order valence-electron chi connectivity index (χ0n) is 12.5. The van der Waals surface area contributed by atoms with Crippen LogP contribution in [0.4, 0.5) is 5.69 Å². The van der Waals surface area contributed by atoms with Gasteiger partial charge in [0.25, 0.3) is 0 Å². The Morgan fingerprint density at radius 2 is 2.19 bits per heavy atom. The molecule has 0 bridgehead atoms. The maximum Gasteiger partial charge on any atom is 0.0792 e. The van der Waals surface area contributed by atoms with Crippen molar-refractivity contribution < 1.29 is 0 Å². The lowest BCUT2D eigenvalue weighted by Crippen LogP contribution is -2.26. The lowest BCUT2D eigenvalue weighted by atomic mass is 10.1. The molecule has 108 valence electrons. The van der Waals surface area contributed by atoms with Crippen molar-refractivity contribution in [2.24, 2.45) is 5.92 Å². The third-order valence-corrected chi connectivity index (χ3v) is 3.90. The van der Waals surface area contributed by atoms with Gasteiger partial charge in [0.2, 0.25) is 0 Å². The lowest BCUT2D eigenvalue weighted by Gasteiger charge is -2.24. The number of rotatable bonds is 6. The molecule has 1 aliphatic carbocycles. The highest BCUT2D eigenvalue weighted by molar-refractivity contribution is 5.92. The van der Waals surface area contributed by atoms with Gasteiger partial charge in [-0.25, -0.2) is 0 Å². The molecule has 0 radical (unpaired) electrons. The number of hydrogen-bond acceptors (Lipinski definition) is 3. The number of hydrogen-bond donors (Lipinski definition) is 1. The van der Waals surface area contributed by atoms with E-state index in [1.165, 1.54) is 23.9 Å². The van der Waals surface area contributed by atoms with E-state index in [2.05, 4.69) is 40.4 Å². The highest BCUT2D eigenvalue weighted by atomic mass is 15.1. The van der Waals surface area contributed by atoms with Gasteiger partial charge in [0, 0.05) is 24.2 Å². The van der Waals surface area contributed by atoms with E-state index in [9.17, 15) is 0 Å². The molecule has 3 rings (SSSR count). The SMILES string of the molecule is C#CCN(CC1CC1)c1cc(CNC)nc2ccccc12. The van der Waals surface area contributed by atoms with E-state index >= 15 is 0 Å². The Labute approximate surface area is 126 Å². The highest BCUT2D eigenvalue weighted by Crippen LogP contribution is 2.33. The molecule has 3 nitrogen and oxygen atoms in total. The molecule has 0 amide bonds. The summed E-state index contributed by atoms with van der Waals surface area (Å²) in [7, 11) is 1.94. The fraction of sp³-hybridized carbons (Fsp3) is 0.389. The first-order chi connectivity index (χ1) is 10.3. The number of nitrogens with one attached hydrogen (secondary N) is 1. The first-order valence-electron chi connectivity index (χ1n) is 7.53. The molecule has 0 atom stereocenters. The second-order valence-corrected chi connectivity index (χ2v) is 5.71. The van der Waals surface area contributed by atoms with E-state index in [0.717, 1.165) is 30.2 Å². The Hall–Kier alpha value is -2.05. The fourth-order valence-electron chi connectivity index (χ4n) is 2.71. The Morgan fingerprint density at radius 1 is 1.38 bits per heavy atom. The molecule has 2 aromatic rings. The summed E-state index contributed by atoms with van der Waals surface area (Å²) >= 11 is 0. The first-order valence-corrected chi connectivity index (χ1v) is 7.53. The third kappa shape index (κ3) is 3.17. The number of benzene rings is 1. The van der Waals surface area contributed by atoms with Crippen LogP contribution in [0.3, 0.4) is 0 Å². The molecule has 21 heavy (non-hydrogen) atoms. The molecule has 0 spiro atoms. The number of nitrogens with zero attached hydrogens (tertiary/aromatic N) is 2. The van der Waals surface area contributed by atoms with Crippen LogP contribution in [0.1, 0.15) is 18.5 Å². The van der Waals surface area contributed by atoms with Gasteiger partial charge in [0.1, 0.15) is 0 Å². The van der Waals surface area contributed by atoms with Crippen LogP contribution in [0.2, 0.25) is 0 Å². The van der Waals surface area contributed by atoms with Crippen LogP contribution >= 0.6 is 0 Å². The van der Waals surface area contributed by atoms with Crippen LogP contribution in [0, 0.1) is 18.3 Å². The highest BCUT2D eigenvalue weighted by Gasteiger charge is 2.25. The molecule has 1 fully saturated rings. The van der Waals surface area contributed by atoms with E-state index in [4.69, 9.17) is 11.4 Å². The molecule has 1 aromatic carbocycles. The van der Waals surface area contributed by atoms with Crippen molar-refractivity contribution in [3.8, 4) is 12.3 Å². The van der Waals surface area contributed by atoms with Gasteiger partial charge in [-0.2, -0.15) is 0 Å². The number of anilines is 1. The zero-order valence-corrected chi connectivity index (χ0v) is 12.5. The maximum atomic E-state index is 5.58. The third-order valence-electron chi connectivity index (χ3n) is 3.90. The van der Waals surface area contributed by atoms with Crippen LogP contribution in [-0.2, 0) is 6.54 Å². The molecule has 1 heterocycles. The van der Waals surface area contributed by atoms with Gasteiger partial charge in [-0.05, 0) is 37.9 Å². The summed E-state index contributed by atoms with van der Waals surface area (Å²) in [6.45, 7) is 2.48. The van der Waals surface area contributed by atoms with Crippen molar-refractivity contribution >= 4 is 16.6 Å². The summed E-state index contributed by atoms with van der Waals surface area (Å²) in [5.74, 6) is 3.61. The second kappa shape index (κ2) is 6.15.